The van der Waals surface area contributed by atoms with Gasteiger partial charge in [0.15, 0.2) is 5.78 Å². The molecule has 0 aromatic heterocycles. The third-order valence-corrected chi connectivity index (χ3v) is 6.25. The number of carbonyl (C=O) groups is 2. The molecule has 0 aliphatic carbocycles. The van der Waals surface area contributed by atoms with Gasteiger partial charge in [-0.25, -0.2) is 4.79 Å². The summed E-state index contributed by atoms with van der Waals surface area (Å²) in [6.07, 6.45) is 13.6. The van der Waals surface area contributed by atoms with Crippen molar-refractivity contribution in [3.05, 3.63) is 72.8 Å². The lowest BCUT2D eigenvalue weighted by atomic mass is 9.97. The Morgan fingerprint density at radius 1 is 0.697 bits per heavy atom. The Kier molecular flexibility index (Phi) is 10.2. The molecule has 3 aromatic carbocycles. The normalized spacial score (nSPS) is 11.0. The quantitative estimate of drug-likeness (QED) is 0.103. The minimum absolute atomic E-state index is 0.158. The zero-order valence-electron chi connectivity index (χ0n) is 19.7. The number of hydrogen-bond acceptors (Lipinski definition) is 3. The van der Waals surface area contributed by atoms with E-state index in [0.29, 0.717) is 18.6 Å². The average Bonchev–Trinajstić information content (AvgIpc) is 2.84. The predicted octanol–water partition coefficient (Wildman–Crippen LogP) is 8.20. The van der Waals surface area contributed by atoms with Gasteiger partial charge in [-0.1, -0.05) is 106 Å². The molecule has 0 amide bonds. The number of esters is 1. The second-order valence-electron chi connectivity index (χ2n) is 8.79. The molecule has 3 heteroatoms. The van der Waals surface area contributed by atoms with Crippen molar-refractivity contribution in [2.45, 2.75) is 70.6 Å². The second-order valence-corrected chi connectivity index (χ2v) is 8.79. The van der Waals surface area contributed by atoms with E-state index in [1.54, 1.807) is 0 Å². The number of hydrogen-bond donors (Lipinski definition) is 0. The van der Waals surface area contributed by atoms with E-state index in [0.717, 1.165) is 47.2 Å². The van der Waals surface area contributed by atoms with Gasteiger partial charge in [0.1, 0.15) is 0 Å². The molecule has 0 aliphatic rings. The van der Waals surface area contributed by atoms with Crippen LogP contribution in [-0.2, 0) is 9.53 Å². The van der Waals surface area contributed by atoms with Crippen LogP contribution >= 0.6 is 0 Å². The molecule has 3 aromatic rings. The highest BCUT2D eigenvalue weighted by Gasteiger charge is 2.15. The van der Waals surface area contributed by atoms with Crippen molar-refractivity contribution in [3.63, 3.8) is 0 Å². The van der Waals surface area contributed by atoms with Gasteiger partial charge in [-0.3, -0.25) is 4.79 Å². The SMILES string of the molecule is C=CC(=O)CCCCCCCCCCCCOC(=O)c1c2ccccc2cc2ccccc12. The molecule has 0 aliphatic heterocycles. The molecule has 3 nitrogen and oxygen atoms in total. The summed E-state index contributed by atoms with van der Waals surface area (Å²) < 4.78 is 5.68. The lowest BCUT2D eigenvalue weighted by Crippen LogP contribution is -2.08. The van der Waals surface area contributed by atoms with E-state index < -0.39 is 0 Å². The number of fused-ring (bicyclic) bond motifs is 2. The van der Waals surface area contributed by atoms with Gasteiger partial charge in [-0.2, -0.15) is 0 Å². The molecule has 0 N–H and O–H groups in total. The van der Waals surface area contributed by atoms with Gasteiger partial charge >= 0.3 is 5.97 Å². The van der Waals surface area contributed by atoms with Crippen molar-refractivity contribution in [2.24, 2.45) is 0 Å². The molecule has 0 bridgehead atoms. The van der Waals surface area contributed by atoms with Crippen LogP contribution in [0.15, 0.2) is 67.3 Å². The van der Waals surface area contributed by atoms with E-state index in [1.807, 2.05) is 48.5 Å². The minimum atomic E-state index is -0.224. The zero-order valence-corrected chi connectivity index (χ0v) is 19.7. The number of carbonyl (C=O) groups excluding carboxylic acids is 2. The number of rotatable bonds is 15. The fourth-order valence-electron chi connectivity index (χ4n) is 4.39. The molecule has 0 saturated heterocycles. The molecule has 174 valence electrons. The summed E-state index contributed by atoms with van der Waals surface area (Å²) in [5, 5.41) is 4.03. The third kappa shape index (κ3) is 7.56. The monoisotopic (exact) mass is 444 g/mol. The Labute approximate surface area is 197 Å². The summed E-state index contributed by atoms with van der Waals surface area (Å²) >= 11 is 0. The topological polar surface area (TPSA) is 43.4 Å². The van der Waals surface area contributed by atoms with Crippen molar-refractivity contribution < 1.29 is 14.3 Å². The van der Waals surface area contributed by atoms with Gasteiger partial charge in [0.05, 0.1) is 12.2 Å². The Bertz CT molecular complexity index is 1010. The van der Waals surface area contributed by atoms with Gasteiger partial charge in [0.25, 0.3) is 0 Å². The fourth-order valence-corrected chi connectivity index (χ4v) is 4.39. The highest BCUT2D eigenvalue weighted by Crippen LogP contribution is 2.29. The van der Waals surface area contributed by atoms with E-state index in [9.17, 15) is 9.59 Å². The summed E-state index contributed by atoms with van der Waals surface area (Å²) in [4.78, 5) is 24.1. The summed E-state index contributed by atoms with van der Waals surface area (Å²) in [5.41, 5.74) is 0.678. The first-order chi connectivity index (χ1) is 16.2. The molecule has 3 rings (SSSR count). The summed E-state index contributed by atoms with van der Waals surface area (Å²) in [6, 6.07) is 18.2. The first-order valence-electron chi connectivity index (χ1n) is 12.4. The summed E-state index contributed by atoms with van der Waals surface area (Å²) in [6.45, 7) is 3.98. The van der Waals surface area contributed by atoms with E-state index in [2.05, 4.69) is 12.6 Å². The van der Waals surface area contributed by atoms with Crippen molar-refractivity contribution in [1.29, 1.82) is 0 Å². The summed E-state index contributed by atoms with van der Waals surface area (Å²) in [5.74, 6) is -0.0658. The lowest BCUT2D eigenvalue weighted by molar-refractivity contribution is -0.114. The van der Waals surface area contributed by atoms with E-state index >= 15 is 0 Å². The molecule has 0 atom stereocenters. The molecular formula is C30H36O3. The van der Waals surface area contributed by atoms with Crippen molar-refractivity contribution in [1.82, 2.24) is 0 Å². The van der Waals surface area contributed by atoms with Gasteiger partial charge in [-0.15, -0.1) is 0 Å². The van der Waals surface area contributed by atoms with E-state index in [4.69, 9.17) is 4.74 Å². The van der Waals surface area contributed by atoms with Crippen LogP contribution in [0.2, 0.25) is 0 Å². The smallest absolute Gasteiger partial charge is 0.339 e. The molecule has 0 heterocycles. The van der Waals surface area contributed by atoms with Gasteiger partial charge < -0.3 is 4.74 Å². The molecule has 33 heavy (non-hydrogen) atoms. The minimum Gasteiger partial charge on any atom is -0.462 e. The van der Waals surface area contributed by atoms with Crippen molar-refractivity contribution >= 4 is 33.3 Å². The standard InChI is InChI=1S/C30H36O3/c1-2-26(31)19-11-9-7-5-3-4-6-8-10-16-22-33-30(32)29-27-20-14-12-17-24(27)23-25-18-13-15-21-28(25)29/h2,12-15,17-18,20-21,23H,1,3-11,16,19,22H2. The highest BCUT2D eigenvalue weighted by atomic mass is 16.5. The number of benzene rings is 3. The van der Waals surface area contributed by atoms with Crippen LogP contribution in [-0.4, -0.2) is 18.4 Å². The number of ether oxygens (including phenoxy) is 1. The van der Waals surface area contributed by atoms with Gasteiger partial charge in [-0.05, 0) is 46.5 Å². The molecular weight excluding hydrogens is 408 g/mol. The second kappa shape index (κ2) is 13.6. The zero-order chi connectivity index (χ0) is 23.3. The van der Waals surface area contributed by atoms with Crippen LogP contribution in [0.5, 0.6) is 0 Å². The summed E-state index contributed by atoms with van der Waals surface area (Å²) in [7, 11) is 0. The fraction of sp³-hybridized carbons (Fsp3) is 0.400. The van der Waals surface area contributed by atoms with E-state index in [1.165, 1.54) is 44.6 Å². The van der Waals surface area contributed by atoms with Crippen LogP contribution < -0.4 is 0 Å². The lowest BCUT2D eigenvalue weighted by Gasteiger charge is -2.11. The third-order valence-electron chi connectivity index (χ3n) is 6.25. The van der Waals surface area contributed by atoms with Crippen molar-refractivity contribution in [3.8, 4) is 0 Å². The van der Waals surface area contributed by atoms with Crippen LogP contribution in [0.25, 0.3) is 21.5 Å². The Balaban J connectivity index is 1.33. The maximum absolute atomic E-state index is 13.0. The molecule has 0 fully saturated rings. The highest BCUT2D eigenvalue weighted by molar-refractivity contribution is 6.16. The number of allylic oxidation sites excluding steroid dienone is 1. The molecule has 0 unspecified atom stereocenters. The Morgan fingerprint density at radius 3 is 1.73 bits per heavy atom. The van der Waals surface area contributed by atoms with Crippen LogP contribution in [0.3, 0.4) is 0 Å². The maximum Gasteiger partial charge on any atom is 0.339 e. The first-order valence-corrected chi connectivity index (χ1v) is 12.4. The largest absolute Gasteiger partial charge is 0.462 e. The van der Waals surface area contributed by atoms with Crippen LogP contribution in [0, 0.1) is 0 Å². The molecule has 0 radical (unpaired) electrons. The Morgan fingerprint density at radius 2 is 1.18 bits per heavy atom. The first kappa shape index (κ1) is 24.7. The molecule has 0 spiro atoms. The van der Waals surface area contributed by atoms with Crippen LogP contribution in [0.4, 0.5) is 0 Å². The number of ketones is 1. The average molecular weight is 445 g/mol. The van der Waals surface area contributed by atoms with Gasteiger partial charge in [0, 0.05) is 6.42 Å². The predicted molar refractivity (Wildman–Crippen MR) is 138 cm³/mol. The maximum atomic E-state index is 13.0. The number of unbranched alkanes of at least 4 members (excludes halogenated alkanes) is 9. The van der Waals surface area contributed by atoms with Gasteiger partial charge in [0.2, 0.25) is 0 Å². The molecule has 0 saturated carbocycles. The Hall–Kier alpha value is -2.94. The van der Waals surface area contributed by atoms with E-state index in [-0.39, 0.29) is 11.8 Å². The van der Waals surface area contributed by atoms with Crippen molar-refractivity contribution in [2.75, 3.05) is 6.61 Å². The van der Waals surface area contributed by atoms with Crippen LogP contribution in [0.1, 0.15) is 81.0 Å².